The highest BCUT2D eigenvalue weighted by Crippen LogP contribution is 2.32. The standard InChI is InChI=1S/C25H32N4O2/c1-17-9-11-20(12-10-17)29-24-23(19(3)27-29)18(2)21(25(26-24)31-4)13-14-22(30)28-15-7-5-6-8-16-28/h9-12H,5-8,13-16H2,1-4H3. The van der Waals surface area contributed by atoms with Crippen molar-refractivity contribution in [1.29, 1.82) is 0 Å². The lowest BCUT2D eigenvalue weighted by molar-refractivity contribution is -0.131. The molecule has 3 aromatic rings. The van der Waals surface area contributed by atoms with Crippen LogP contribution < -0.4 is 4.74 Å². The van der Waals surface area contributed by atoms with Gasteiger partial charge in [-0.3, -0.25) is 4.79 Å². The second kappa shape index (κ2) is 9.08. The number of aromatic nitrogens is 3. The Kier molecular flexibility index (Phi) is 6.25. The quantitative estimate of drug-likeness (QED) is 0.601. The Morgan fingerprint density at radius 1 is 1.03 bits per heavy atom. The molecule has 1 aromatic carbocycles. The molecule has 1 amide bonds. The average Bonchev–Trinajstić information content (AvgIpc) is 2.94. The van der Waals surface area contributed by atoms with E-state index in [1.54, 1.807) is 7.11 Å². The second-order valence-corrected chi connectivity index (χ2v) is 8.55. The van der Waals surface area contributed by atoms with E-state index in [1.807, 2.05) is 16.5 Å². The summed E-state index contributed by atoms with van der Waals surface area (Å²) < 4.78 is 7.55. The van der Waals surface area contributed by atoms with Gasteiger partial charge in [0.15, 0.2) is 5.65 Å². The summed E-state index contributed by atoms with van der Waals surface area (Å²) in [7, 11) is 1.65. The molecule has 0 N–H and O–H groups in total. The molecule has 1 saturated heterocycles. The molecule has 2 aromatic heterocycles. The van der Waals surface area contributed by atoms with Gasteiger partial charge in [0.05, 0.1) is 18.5 Å². The fraction of sp³-hybridized carbons (Fsp3) is 0.480. The number of fused-ring (bicyclic) bond motifs is 1. The van der Waals surface area contributed by atoms with Crippen LogP contribution in [0.4, 0.5) is 0 Å². The van der Waals surface area contributed by atoms with Crippen LogP contribution in [0.5, 0.6) is 5.88 Å². The fourth-order valence-corrected chi connectivity index (χ4v) is 4.57. The zero-order valence-corrected chi connectivity index (χ0v) is 19.1. The summed E-state index contributed by atoms with van der Waals surface area (Å²) in [6, 6.07) is 8.26. The minimum Gasteiger partial charge on any atom is -0.481 e. The Morgan fingerprint density at radius 3 is 2.35 bits per heavy atom. The maximum atomic E-state index is 12.8. The van der Waals surface area contributed by atoms with Gasteiger partial charge in [-0.15, -0.1) is 0 Å². The van der Waals surface area contributed by atoms with E-state index in [0.29, 0.717) is 18.7 Å². The van der Waals surface area contributed by atoms with Crippen molar-refractivity contribution >= 4 is 16.9 Å². The van der Waals surface area contributed by atoms with E-state index in [-0.39, 0.29) is 5.91 Å². The molecular weight excluding hydrogens is 388 g/mol. The number of rotatable bonds is 5. The van der Waals surface area contributed by atoms with Gasteiger partial charge >= 0.3 is 0 Å². The Bertz CT molecular complexity index is 1080. The number of hydrogen-bond donors (Lipinski definition) is 0. The fourth-order valence-electron chi connectivity index (χ4n) is 4.57. The lowest BCUT2D eigenvalue weighted by Gasteiger charge is -2.21. The molecule has 0 spiro atoms. The van der Waals surface area contributed by atoms with E-state index >= 15 is 0 Å². The zero-order chi connectivity index (χ0) is 22.0. The first-order chi connectivity index (χ1) is 15.0. The van der Waals surface area contributed by atoms with E-state index in [0.717, 1.165) is 59.5 Å². The van der Waals surface area contributed by atoms with Crippen molar-refractivity contribution < 1.29 is 9.53 Å². The van der Waals surface area contributed by atoms with E-state index < -0.39 is 0 Å². The van der Waals surface area contributed by atoms with Crippen LogP contribution >= 0.6 is 0 Å². The molecule has 0 bridgehead atoms. The second-order valence-electron chi connectivity index (χ2n) is 8.55. The average molecular weight is 421 g/mol. The van der Waals surface area contributed by atoms with Crippen LogP contribution in [0.25, 0.3) is 16.7 Å². The summed E-state index contributed by atoms with van der Waals surface area (Å²) in [5.74, 6) is 0.817. The van der Waals surface area contributed by atoms with Crippen molar-refractivity contribution in [2.45, 2.75) is 59.3 Å². The molecule has 0 aliphatic carbocycles. The Balaban J connectivity index is 1.66. The third-order valence-electron chi connectivity index (χ3n) is 6.35. The molecule has 3 heterocycles. The number of amides is 1. The maximum absolute atomic E-state index is 12.8. The van der Waals surface area contributed by atoms with Gasteiger partial charge in [-0.1, -0.05) is 30.5 Å². The van der Waals surface area contributed by atoms with Crippen LogP contribution in [-0.4, -0.2) is 45.8 Å². The van der Waals surface area contributed by atoms with Crippen molar-refractivity contribution in [2.24, 2.45) is 0 Å². The third-order valence-corrected chi connectivity index (χ3v) is 6.35. The third kappa shape index (κ3) is 4.29. The van der Waals surface area contributed by atoms with Gasteiger partial charge in [0.1, 0.15) is 0 Å². The molecule has 164 valence electrons. The molecular formula is C25H32N4O2. The monoisotopic (exact) mass is 420 g/mol. The van der Waals surface area contributed by atoms with Gasteiger partial charge in [-0.2, -0.15) is 10.1 Å². The van der Waals surface area contributed by atoms with Gasteiger partial charge in [-0.05, 0) is 57.7 Å². The van der Waals surface area contributed by atoms with Crippen molar-refractivity contribution in [3.63, 3.8) is 0 Å². The highest BCUT2D eigenvalue weighted by molar-refractivity contribution is 5.86. The van der Waals surface area contributed by atoms with Crippen molar-refractivity contribution in [3.05, 3.63) is 46.6 Å². The van der Waals surface area contributed by atoms with Crippen molar-refractivity contribution in [2.75, 3.05) is 20.2 Å². The van der Waals surface area contributed by atoms with Crippen LogP contribution in [-0.2, 0) is 11.2 Å². The number of methoxy groups -OCH3 is 1. The van der Waals surface area contributed by atoms with Gasteiger partial charge in [-0.25, -0.2) is 4.68 Å². The molecule has 0 atom stereocenters. The SMILES string of the molecule is COc1nc2c(c(C)nn2-c2ccc(C)cc2)c(C)c1CCC(=O)N1CCCCCC1. The molecule has 0 radical (unpaired) electrons. The smallest absolute Gasteiger partial charge is 0.222 e. The highest BCUT2D eigenvalue weighted by Gasteiger charge is 2.22. The molecule has 4 rings (SSSR count). The number of carbonyl (C=O) groups is 1. The number of aryl methyl sites for hydroxylation is 3. The predicted octanol–water partition coefficient (Wildman–Crippen LogP) is 4.69. The first kappa shape index (κ1) is 21.3. The predicted molar refractivity (Wildman–Crippen MR) is 123 cm³/mol. The lowest BCUT2D eigenvalue weighted by Crippen LogP contribution is -2.32. The van der Waals surface area contributed by atoms with Gasteiger partial charge in [0.25, 0.3) is 0 Å². The minimum absolute atomic E-state index is 0.232. The summed E-state index contributed by atoms with van der Waals surface area (Å²) in [6.45, 7) is 7.94. The Morgan fingerprint density at radius 2 is 1.71 bits per heavy atom. The minimum atomic E-state index is 0.232. The number of pyridine rings is 1. The van der Waals surface area contributed by atoms with Gasteiger partial charge < -0.3 is 9.64 Å². The molecule has 31 heavy (non-hydrogen) atoms. The van der Waals surface area contributed by atoms with Crippen LogP contribution in [0.1, 0.15) is 54.5 Å². The lowest BCUT2D eigenvalue weighted by atomic mass is 10.0. The molecule has 6 nitrogen and oxygen atoms in total. The van der Waals surface area contributed by atoms with Crippen LogP contribution in [0.2, 0.25) is 0 Å². The summed E-state index contributed by atoms with van der Waals surface area (Å²) in [5.41, 5.74) is 6.00. The number of likely N-dealkylation sites (tertiary alicyclic amines) is 1. The number of carbonyl (C=O) groups excluding carboxylic acids is 1. The maximum Gasteiger partial charge on any atom is 0.222 e. The molecule has 1 aliphatic heterocycles. The molecule has 1 fully saturated rings. The molecule has 1 aliphatic rings. The van der Waals surface area contributed by atoms with E-state index in [9.17, 15) is 4.79 Å². The zero-order valence-electron chi connectivity index (χ0n) is 19.1. The molecule has 0 saturated carbocycles. The van der Waals surface area contributed by atoms with Gasteiger partial charge in [0.2, 0.25) is 11.8 Å². The van der Waals surface area contributed by atoms with Crippen LogP contribution in [0.15, 0.2) is 24.3 Å². The summed E-state index contributed by atoms with van der Waals surface area (Å²) in [4.78, 5) is 19.7. The van der Waals surface area contributed by atoms with Crippen LogP contribution in [0, 0.1) is 20.8 Å². The molecule has 6 heteroatoms. The number of benzene rings is 1. The van der Waals surface area contributed by atoms with Crippen LogP contribution in [0.3, 0.4) is 0 Å². The first-order valence-electron chi connectivity index (χ1n) is 11.3. The summed E-state index contributed by atoms with van der Waals surface area (Å²) in [6.07, 6.45) is 5.78. The number of nitrogens with zero attached hydrogens (tertiary/aromatic N) is 4. The number of ether oxygens (including phenoxy) is 1. The van der Waals surface area contributed by atoms with Crippen molar-refractivity contribution in [3.8, 4) is 11.6 Å². The molecule has 0 unspecified atom stereocenters. The van der Waals surface area contributed by atoms with E-state index in [2.05, 4.69) is 38.1 Å². The topological polar surface area (TPSA) is 60.3 Å². The summed E-state index contributed by atoms with van der Waals surface area (Å²) in [5, 5.41) is 5.81. The van der Waals surface area contributed by atoms with E-state index in [4.69, 9.17) is 14.8 Å². The van der Waals surface area contributed by atoms with Gasteiger partial charge in [0, 0.05) is 30.5 Å². The highest BCUT2D eigenvalue weighted by atomic mass is 16.5. The normalized spacial score (nSPS) is 14.6. The van der Waals surface area contributed by atoms with Crippen molar-refractivity contribution in [1.82, 2.24) is 19.7 Å². The Labute approximate surface area is 184 Å². The van der Waals surface area contributed by atoms with E-state index in [1.165, 1.54) is 18.4 Å². The summed E-state index contributed by atoms with van der Waals surface area (Å²) >= 11 is 0. The first-order valence-corrected chi connectivity index (χ1v) is 11.3. The largest absolute Gasteiger partial charge is 0.481 e. The Hall–Kier alpha value is -2.89. The number of hydrogen-bond acceptors (Lipinski definition) is 4.